The van der Waals surface area contributed by atoms with Crippen molar-refractivity contribution < 1.29 is 14.4 Å². The predicted molar refractivity (Wildman–Crippen MR) is 64.4 cm³/mol. The number of hydrogen-bond donors (Lipinski definition) is 0. The highest BCUT2D eigenvalue weighted by molar-refractivity contribution is 5.83. The Morgan fingerprint density at radius 3 is 1.94 bits per heavy atom. The molecule has 0 fully saturated rings. The van der Waals surface area contributed by atoms with Gasteiger partial charge in [0.1, 0.15) is 0 Å². The molecule has 3 heteroatoms. The molecular weight excluding hydrogens is 202 g/mol. The smallest absolute Gasteiger partial charge is 0.0675 e. The van der Waals surface area contributed by atoms with Gasteiger partial charge >= 0.3 is 0 Å². The van der Waals surface area contributed by atoms with Gasteiger partial charge in [0.15, 0.2) is 0 Å². The van der Waals surface area contributed by atoms with Gasteiger partial charge in [-0.3, -0.25) is 0 Å². The molecule has 0 bridgehead atoms. The van der Waals surface area contributed by atoms with Crippen molar-refractivity contribution in [2.45, 2.75) is 0 Å². The summed E-state index contributed by atoms with van der Waals surface area (Å²) >= 11 is 0. The zero-order valence-corrected chi connectivity index (χ0v) is 10.3. The van der Waals surface area contributed by atoms with Crippen LogP contribution in [-0.2, 0) is 4.79 Å². The van der Waals surface area contributed by atoms with Crippen molar-refractivity contribution >= 4 is 12.0 Å². The first-order chi connectivity index (χ1) is 7.29. The maximum absolute atomic E-state index is 9.97. The Kier molecular flexibility index (Phi) is 6.11. The first kappa shape index (κ1) is 14.4. The molecule has 16 heavy (non-hydrogen) atoms. The summed E-state index contributed by atoms with van der Waals surface area (Å²) in [5.74, 6) is -1.17. The lowest BCUT2D eigenvalue weighted by atomic mass is 10.2. The number of quaternary nitrogens is 1. The predicted octanol–water partition coefficient (Wildman–Crippen LogP) is 0.772. The fraction of sp³-hybridized carbons (Fsp3) is 0.308. The number of hydrogen-bond acceptors (Lipinski definition) is 2. The van der Waals surface area contributed by atoms with Gasteiger partial charge in [-0.2, -0.15) is 0 Å². The van der Waals surface area contributed by atoms with Gasteiger partial charge in [-0.15, -0.1) is 0 Å². The van der Waals surface area contributed by atoms with Crippen LogP contribution in [-0.4, -0.2) is 38.6 Å². The Hall–Kier alpha value is -1.61. The van der Waals surface area contributed by atoms with Crippen LogP contribution in [0, 0.1) is 0 Å². The highest BCUT2D eigenvalue weighted by Crippen LogP contribution is 1.99. The largest absolute Gasteiger partial charge is 0.545 e. The number of carbonyl (C=O) groups is 1. The molecule has 0 aliphatic heterocycles. The lowest BCUT2D eigenvalue weighted by Gasteiger charge is -2.14. The van der Waals surface area contributed by atoms with Gasteiger partial charge in [0.2, 0.25) is 0 Å². The van der Waals surface area contributed by atoms with E-state index in [-0.39, 0.29) is 0 Å². The molecule has 0 spiro atoms. The summed E-state index contributed by atoms with van der Waals surface area (Å²) in [6.07, 6.45) is 2.50. The van der Waals surface area contributed by atoms with Crippen LogP contribution in [0.1, 0.15) is 5.56 Å². The van der Waals surface area contributed by atoms with Crippen LogP contribution in [0.5, 0.6) is 0 Å². The molecule has 1 aromatic carbocycles. The van der Waals surface area contributed by atoms with Crippen molar-refractivity contribution in [1.82, 2.24) is 0 Å². The van der Waals surface area contributed by atoms with E-state index in [0.717, 1.165) is 16.1 Å². The molecule has 0 saturated carbocycles. The molecule has 0 saturated heterocycles. The molecule has 0 aliphatic carbocycles. The minimum atomic E-state index is -1.17. The van der Waals surface area contributed by atoms with Crippen LogP contribution < -0.4 is 5.11 Å². The minimum absolute atomic E-state index is 0.858. The maximum Gasteiger partial charge on any atom is 0.0675 e. The SMILES string of the molecule is C[N+](C)(C)C.O=C([O-])/C=C/c1ccccc1. The number of aliphatic carboxylic acids is 1. The fourth-order valence-electron chi connectivity index (χ4n) is 0.728. The Morgan fingerprint density at radius 1 is 1.12 bits per heavy atom. The van der Waals surface area contributed by atoms with Crippen molar-refractivity contribution in [2.24, 2.45) is 0 Å². The lowest BCUT2D eigenvalue weighted by molar-refractivity contribution is -0.849. The zero-order chi connectivity index (χ0) is 12.6. The van der Waals surface area contributed by atoms with E-state index < -0.39 is 5.97 Å². The zero-order valence-electron chi connectivity index (χ0n) is 10.3. The van der Waals surface area contributed by atoms with Crippen molar-refractivity contribution in [2.75, 3.05) is 28.2 Å². The second kappa shape index (κ2) is 6.80. The van der Waals surface area contributed by atoms with Gasteiger partial charge in [0.05, 0.1) is 34.2 Å². The number of rotatable bonds is 2. The molecule has 0 atom stereocenters. The standard InChI is InChI=1S/C9H8O2.C4H12N/c10-9(11)7-6-8-4-2-1-3-5-8;1-5(2,3)4/h1-7H,(H,10,11);1-4H3/q;+1/p-1/b7-6+;. The summed E-state index contributed by atoms with van der Waals surface area (Å²) in [5, 5.41) is 9.97. The third-order valence-electron chi connectivity index (χ3n) is 1.21. The number of carboxylic acid groups (broad SMARTS) is 1. The Morgan fingerprint density at radius 2 is 1.56 bits per heavy atom. The molecular formula is C13H19NO2. The van der Waals surface area contributed by atoms with E-state index in [9.17, 15) is 9.90 Å². The van der Waals surface area contributed by atoms with E-state index in [1.54, 1.807) is 0 Å². The minimum Gasteiger partial charge on any atom is -0.545 e. The van der Waals surface area contributed by atoms with E-state index >= 15 is 0 Å². The normalized spacial score (nSPS) is 10.8. The Labute approximate surface area is 97.2 Å². The van der Waals surface area contributed by atoms with Crippen LogP contribution in [0.25, 0.3) is 6.08 Å². The van der Waals surface area contributed by atoms with Crippen molar-refractivity contribution in [3.05, 3.63) is 42.0 Å². The number of benzene rings is 1. The van der Waals surface area contributed by atoms with E-state index in [0.29, 0.717) is 0 Å². The molecule has 0 heterocycles. The van der Waals surface area contributed by atoms with Gasteiger partial charge in [0, 0.05) is 0 Å². The highest BCUT2D eigenvalue weighted by Gasteiger charge is 1.88. The Bertz CT molecular complexity index is 331. The second-order valence-electron chi connectivity index (χ2n) is 4.75. The highest BCUT2D eigenvalue weighted by atomic mass is 16.4. The van der Waals surface area contributed by atoms with Gasteiger partial charge in [-0.1, -0.05) is 36.4 Å². The van der Waals surface area contributed by atoms with Crippen molar-refractivity contribution in [1.29, 1.82) is 0 Å². The summed E-state index contributed by atoms with van der Waals surface area (Å²) in [4.78, 5) is 9.97. The molecule has 1 rings (SSSR count). The average Bonchev–Trinajstić information content (AvgIpc) is 2.14. The summed E-state index contributed by atoms with van der Waals surface area (Å²) in [6, 6.07) is 9.19. The molecule has 3 nitrogen and oxygen atoms in total. The number of carboxylic acids is 1. The molecule has 0 aliphatic rings. The van der Waals surface area contributed by atoms with E-state index in [2.05, 4.69) is 28.2 Å². The summed E-state index contributed by atoms with van der Waals surface area (Å²) in [6.45, 7) is 0. The molecule has 0 amide bonds. The fourth-order valence-corrected chi connectivity index (χ4v) is 0.728. The number of carbonyl (C=O) groups excluding carboxylic acids is 1. The van der Waals surface area contributed by atoms with E-state index in [1.807, 2.05) is 30.3 Å². The van der Waals surface area contributed by atoms with Crippen molar-refractivity contribution in [3.8, 4) is 0 Å². The third-order valence-corrected chi connectivity index (χ3v) is 1.21. The van der Waals surface area contributed by atoms with Crippen LogP contribution in [0.15, 0.2) is 36.4 Å². The van der Waals surface area contributed by atoms with Crippen LogP contribution >= 0.6 is 0 Å². The molecule has 1 aromatic rings. The summed E-state index contributed by atoms with van der Waals surface area (Å²) in [7, 11) is 8.50. The van der Waals surface area contributed by atoms with Gasteiger partial charge in [0.25, 0.3) is 0 Å². The molecule has 88 valence electrons. The maximum atomic E-state index is 9.97. The first-order valence-electron chi connectivity index (χ1n) is 5.02. The molecule has 0 radical (unpaired) electrons. The molecule has 0 N–H and O–H groups in total. The summed E-state index contributed by atoms with van der Waals surface area (Å²) in [5.41, 5.74) is 0.858. The van der Waals surface area contributed by atoms with Crippen LogP contribution in [0.3, 0.4) is 0 Å². The Balaban J connectivity index is 0.000000385. The third kappa shape index (κ3) is 12.4. The van der Waals surface area contributed by atoms with Gasteiger partial charge < -0.3 is 14.4 Å². The monoisotopic (exact) mass is 221 g/mol. The van der Waals surface area contributed by atoms with Crippen LogP contribution in [0.2, 0.25) is 0 Å². The van der Waals surface area contributed by atoms with E-state index in [4.69, 9.17) is 0 Å². The van der Waals surface area contributed by atoms with Gasteiger partial charge in [-0.05, 0) is 11.6 Å². The van der Waals surface area contributed by atoms with Crippen LogP contribution in [0.4, 0.5) is 0 Å². The first-order valence-corrected chi connectivity index (χ1v) is 5.02. The van der Waals surface area contributed by atoms with Gasteiger partial charge in [-0.25, -0.2) is 0 Å². The average molecular weight is 221 g/mol. The van der Waals surface area contributed by atoms with Crippen molar-refractivity contribution in [3.63, 3.8) is 0 Å². The lowest BCUT2D eigenvalue weighted by Crippen LogP contribution is -2.27. The van der Waals surface area contributed by atoms with E-state index in [1.165, 1.54) is 6.08 Å². The number of nitrogens with zero attached hydrogens (tertiary/aromatic N) is 1. The molecule has 0 aromatic heterocycles. The topological polar surface area (TPSA) is 40.1 Å². The molecule has 0 unspecified atom stereocenters. The quantitative estimate of drug-likeness (QED) is 0.547. The summed E-state index contributed by atoms with van der Waals surface area (Å²) < 4.78 is 1.00. The second-order valence-corrected chi connectivity index (χ2v) is 4.75.